The van der Waals surface area contributed by atoms with Crippen LogP contribution in [0.2, 0.25) is 0 Å². The number of urea groups is 1. The lowest BCUT2D eigenvalue weighted by molar-refractivity contribution is -0.142. The summed E-state index contributed by atoms with van der Waals surface area (Å²) in [4.78, 5) is 10.3. The Labute approximate surface area is 147 Å². The number of halogens is 4. The van der Waals surface area contributed by atoms with E-state index in [0.717, 1.165) is 16.4 Å². The van der Waals surface area contributed by atoms with E-state index < -0.39 is 38.0 Å². The largest absolute Gasteiger partial charge is 0.420 e. The van der Waals surface area contributed by atoms with E-state index in [9.17, 15) is 30.8 Å². The summed E-state index contributed by atoms with van der Waals surface area (Å²) in [6.45, 7) is 0.249. The monoisotopic (exact) mass is 395 g/mol. The van der Waals surface area contributed by atoms with E-state index in [1.54, 1.807) is 0 Å². The van der Waals surface area contributed by atoms with Crippen LogP contribution in [0.1, 0.15) is 24.8 Å². The molecule has 2 fully saturated rings. The van der Waals surface area contributed by atoms with Crippen molar-refractivity contribution in [1.82, 2.24) is 14.9 Å². The predicted molar refractivity (Wildman–Crippen MR) is 83.3 cm³/mol. The first-order chi connectivity index (χ1) is 12.1. The van der Waals surface area contributed by atoms with Crippen molar-refractivity contribution in [1.29, 1.82) is 0 Å². The molecule has 0 bridgehead atoms. The molecule has 2 aliphatic rings. The maximum Gasteiger partial charge on any atom is 0.420 e. The van der Waals surface area contributed by atoms with Crippen molar-refractivity contribution in [2.75, 3.05) is 19.6 Å². The molecular formula is C15H17F4N3O3S. The summed E-state index contributed by atoms with van der Waals surface area (Å²) >= 11 is 0. The van der Waals surface area contributed by atoms with Crippen LogP contribution < -0.4 is 10.6 Å². The molecule has 2 amide bonds. The summed E-state index contributed by atoms with van der Waals surface area (Å²) in [5, 5.41) is 5.37. The fourth-order valence-corrected chi connectivity index (χ4v) is 5.12. The summed E-state index contributed by atoms with van der Waals surface area (Å²) in [5.74, 6) is -1.63. The Bertz CT molecular complexity index is 828. The van der Waals surface area contributed by atoms with E-state index in [-0.39, 0.29) is 25.5 Å². The second-order valence-corrected chi connectivity index (χ2v) is 8.36. The van der Waals surface area contributed by atoms with Crippen LogP contribution in [0, 0.1) is 5.82 Å². The quantitative estimate of drug-likeness (QED) is 0.753. The molecule has 11 heteroatoms. The second-order valence-electron chi connectivity index (χ2n) is 6.46. The highest BCUT2D eigenvalue weighted by Crippen LogP contribution is 2.38. The van der Waals surface area contributed by atoms with E-state index in [1.165, 1.54) is 0 Å². The van der Waals surface area contributed by atoms with Crippen molar-refractivity contribution in [2.24, 2.45) is 0 Å². The molecule has 1 aromatic rings. The summed E-state index contributed by atoms with van der Waals surface area (Å²) in [6.07, 6.45) is -4.03. The van der Waals surface area contributed by atoms with Gasteiger partial charge in [0.25, 0.3) is 0 Å². The Kier molecular flexibility index (Phi) is 4.63. The van der Waals surface area contributed by atoms with Crippen molar-refractivity contribution in [3.8, 4) is 0 Å². The average molecular weight is 395 g/mol. The first-order valence-electron chi connectivity index (χ1n) is 7.97. The van der Waals surface area contributed by atoms with Crippen LogP contribution in [0.4, 0.5) is 22.4 Å². The zero-order valence-electron chi connectivity index (χ0n) is 13.6. The molecule has 0 aliphatic carbocycles. The van der Waals surface area contributed by atoms with Gasteiger partial charge < -0.3 is 10.6 Å². The zero-order chi connectivity index (χ0) is 19.2. The lowest BCUT2D eigenvalue weighted by Crippen LogP contribution is -2.44. The van der Waals surface area contributed by atoms with Crippen molar-refractivity contribution < 1.29 is 30.8 Å². The number of rotatable bonds is 2. The standard InChI is InChI=1S/C15H17F4N3O3S/c16-10-3-1-4-11(12(10)15(17,18)19)26(24,25)22-7-2-5-14(6-8-22)9-20-13(23)21-14/h1,3-4H,2,5-9H2,(H2,20,21,23). The lowest BCUT2D eigenvalue weighted by atomic mass is 9.92. The minimum absolute atomic E-state index is 0.00619. The molecule has 144 valence electrons. The first-order valence-corrected chi connectivity index (χ1v) is 9.41. The Balaban J connectivity index is 1.92. The second kappa shape index (κ2) is 6.38. The van der Waals surface area contributed by atoms with E-state index in [0.29, 0.717) is 25.5 Å². The number of hydrogen-bond acceptors (Lipinski definition) is 3. The molecule has 1 spiro atoms. The highest BCUT2D eigenvalue weighted by atomic mass is 32.2. The minimum Gasteiger partial charge on any atom is -0.336 e. The van der Waals surface area contributed by atoms with Gasteiger partial charge in [0.2, 0.25) is 10.0 Å². The summed E-state index contributed by atoms with van der Waals surface area (Å²) in [7, 11) is -4.54. The van der Waals surface area contributed by atoms with E-state index >= 15 is 0 Å². The molecule has 0 saturated carbocycles. The molecular weight excluding hydrogens is 378 g/mol. The Morgan fingerprint density at radius 1 is 1.15 bits per heavy atom. The number of nitrogens with one attached hydrogen (secondary N) is 2. The van der Waals surface area contributed by atoms with Gasteiger partial charge in [-0.15, -0.1) is 0 Å². The van der Waals surface area contributed by atoms with Gasteiger partial charge in [0.15, 0.2) is 0 Å². The topological polar surface area (TPSA) is 78.5 Å². The Morgan fingerprint density at radius 3 is 2.50 bits per heavy atom. The van der Waals surface area contributed by atoms with Crippen LogP contribution >= 0.6 is 0 Å². The number of alkyl halides is 3. The highest BCUT2D eigenvalue weighted by Gasteiger charge is 2.44. The maximum absolute atomic E-state index is 13.7. The van der Waals surface area contributed by atoms with Gasteiger partial charge in [-0.3, -0.25) is 0 Å². The van der Waals surface area contributed by atoms with Crippen LogP contribution in [-0.2, 0) is 16.2 Å². The molecule has 1 unspecified atom stereocenters. The van der Waals surface area contributed by atoms with E-state index in [1.807, 2.05) is 0 Å². The molecule has 0 aromatic heterocycles. The number of carbonyl (C=O) groups excluding carboxylic acids is 1. The fourth-order valence-electron chi connectivity index (χ4n) is 3.42. The summed E-state index contributed by atoms with van der Waals surface area (Å²) < 4.78 is 79.8. The number of nitrogens with zero attached hydrogens (tertiary/aromatic N) is 1. The van der Waals surface area contributed by atoms with Crippen LogP contribution in [0.25, 0.3) is 0 Å². The van der Waals surface area contributed by atoms with Gasteiger partial charge in [0.1, 0.15) is 11.4 Å². The predicted octanol–water partition coefficient (Wildman–Crippen LogP) is 2.07. The van der Waals surface area contributed by atoms with Gasteiger partial charge in [-0.05, 0) is 31.4 Å². The van der Waals surface area contributed by atoms with E-state index in [2.05, 4.69) is 10.6 Å². The third-order valence-electron chi connectivity index (χ3n) is 4.75. The normalized spacial score (nSPS) is 25.0. The molecule has 6 nitrogen and oxygen atoms in total. The molecule has 2 saturated heterocycles. The van der Waals surface area contributed by atoms with Crippen molar-refractivity contribution in [2.45, 2.75) is 35.9 Å². The van der Waals surface area contributed by atoms with Crippen molar-refractivity contribution in [3.63, 3.8) is 0 Å². The smallest absolute Gasteiger partial charge is 0.336 e. The number of amides is 2. The van der Waals surface area contributed by atoms with Gasteiger partial charge in [-0.25, -0.2) is 17.6 Å². The SMILES string of the molecule is O=C1NCC2(CCCN(S(=O)(=O)c3cccc(F)c3C(F)(F)F)CC2)N1. The first kappa shape index (κ1) is 18.9. The van der Waals surface area contributed by atoms with Crippen LogP contribution in [0.5, 0.6) is 0 Å². The Hall–Kier alpha value is -1.88. The lowest BCUT2D eigenvalue weighted by Gasteiger charge is -2.26. The molecule has 2 heterocycles. The van der Waals surface area contributed by atoms with Crippen LogP contribution in [0.3, 0.4) is 0 Å². The minimum atomic E-state index is -5.13. The van der Waals surface area contributed by atoms with Crippen molar-refractivity contribution in [3.05, 3.63) is 29.6 Å². The average Bonchev–Trinajstić information content (AvgIpc) is 2.76. The zero-order valence-corrected chi connectivity index (χ0v) is 14.4. The molecule has 2 aliphatic heterocycles. The molecule has 3 rings (SSSR count). The highest BCUT2D eigenvalue weighted by molar-refractivity contribution is 7.89. The van der Waals surface area contributed by atoms with Gasteiger partial charge in [-0.1, -0.05) is 6.07 Å². The molecule has 26 heavy (non-hydrogen) atoms. The third kappa shape index (κ3) is 3.37. The number of carbonyl (C=O) groups is 1. The van der Waals surface area contributed by atoms with E-state index in [4.69, 9.17) is 0 Å². The fraction of sp³-hybridized carbons (Fsp3) is 0.533. The van der Waals surface area contributed by atoms with Crippen LogP contribution in [-0.4, -0.2) is 43.9 Å². The maximum atomic E-state index is 13.7. The number of sulfonamides is 1. The summed E-state index contributed by atoms with van der Waals surface area (Å²) in [6, 6.07) is 1.93. The molecule has 0 radical (unpaired) electrons. The molecule has 1 atom stereocenters. The number of hydrogen-bond donors (Lipinski definition) is 2. The summed E-state index contributed by atoms with van der Waals surface area (Å²) in [5.41, 5.74) is -2.40. The van der Waals surface area contributed by atoms with Gasteiger partial charge in [-0.2, -0.15) is 17.5 Å². The third-order valence-corrected chi connectivity index (χ3v) is 6.69. The Morgan fingerprint density at radius 2 is 1.88 bits per heavy atom. The number of benzene rings is 1. The van der Waals surface area contributed by atoms with Gasteiger partial charge in [0.05, 0.1) is 10.4 Å². The van der Waals surface area contributed by atoms with Crippen LogP contribution in [0.15, 0.2) is 23.1 Å². The molecule has 1 aromatic carbocycles. The molecule has 2 N–H and O–H groups in total. The van der Waals surface area contributed by atoms with Crippen molar-refractivity contribution >= 4 is 16.1 Å². The van der Waals surface area contributed by atoms with Gasteiger partial charge >= 0.3 is 12.2 Å². The van der Waals surface area contributed by atoms with Gasteiger partial charge in [0, 0.05) is 19.6 Å².